The summed E-state index contributed by atoms with van der Waals surface area (Å²) in [5, 5.41) is 3.49. The van der Waals surface area contributed by atoms with Crippen LogP contribution in [0, 0.1) is 5.92 Å². The Morgan fingerprint density at radius 2 is 2.00 bits per heavy atom. The molecule has 18 heavy (non-hydrogen) atoms. The van der Waals surface area contributed by atoms with Crippen molar-refractivity contribution in [2.24, 2.45) is 11.7 Å². The van der Waals surface area contributed by atoms with Crippen LogP contribution in [0.25, 0.3) is 0 Å². The number of rotatable bonds is 6. The van der Waals surface area contributed by atoms with Crippen molar-refractivity contribution in [1.82, 2.24) is 0 Å². The van der Waals surface area contributed by atoms with Crippen LogP contribution >= 0.6 is 28.1 Å². The Hall–Kier alpha value is -0.610. The van der Waals surface area contributed by atoms with Gasteiger partial charge < -0.3 is 11.1 Å². The van der Waals surface area contributed by atoms with Crippen molar-refractivity contribution in [2.75, 3.05) is 5.32 Å². The molecule has 0 aliphatic rings. The lowest BCUT2D eigenvalue weighted by atomic mass is 10.0. The molecule has 0 saturated carbocycles. The van der Waals surface area contributed by atoms with Crippen molar-refractivity contribution in [3.63, 3.8) is 0 Å². The Balaban J connectivity index is 2.74. The minimum absolute atomic E-state index is 0.418. The molecule has 1 atom stereocenters. The van der Waals surface area contributed by atoms with Gasteiger partial charge in [-0.2, -0.15) is 0 Å². The second-order valence-electron chi connectivity index (χ2n) is 5.07. The summed E-state index contributed by atoms with van der Waals surface area (Å²) in [5.74, 6) is 0.731. The predicted octanol–water partition coefficient (Wildman–Crippen LogP) is 4.32. The van der Waals surface area contributed by atoms with E-state index in [1.807, 2.05) is 18.2 Å². The molecule has 0 bridgehead atoms. The lowest BCUT2D eigenvalue weighted by Crippen LogP contribution is -2.19. The Labute approximate surface area is 123 Å². The minimum atomic E-state index is 0.418. The average molecular weight is 329 g/mol. The van der Waals surface area contributed by atoms with E-state index in [2.05, 4.69) is 42.0 Å². The summed E-state index contributed by atoms with van der Waals surface area (Å²) in [7, 11) is 0. The van der Waals surface area contributed by atoms with E-state index in [9.17, 15) is 0 Å². The molecule has 0 aromatic heterocycles. The molecule has 0 radical (unpaired) electrons. The smallest absolute Gasteiger partial charge is 0.106 e. The molecule has 1 aromatic carbocycles. The zero-order valence-corrected chi connectivity index (χ0v) is 13.6. The van der Waals surface area contributed by atoms with Gasteiger partial charge in [0.2, 0.25) is 0 Å². The number of hydrogen-bond acceptors (Lipinski definition) is 2. The Kier molecular flexibility index (Phi) is 6.09. The zero-order valence-electron chi connectivity index (χ0n) is 11.2. The molecule has 1 unspecified atom stereocenters. The SMILES string of the molecule is CC(C)CCC(C)Nc1ccc(Br)cc1C(N)=S. The van der Waals surface area contributed by atoms with Crippen molar-refractivity contribution in [3.05, 3.63) is 28.2 Å². The molecule has 0 aliphatic heterocycles. The van der Waals surface area contributed by atoms with E-state index < -0.39 is 0 Å². The lowest BCUT2D eigenvalue weighted by Gasteiger charge is -2.19. The molecule has 0 fully saturated rings. The number of thiocarbonyl (C=S) groups is 1. The van der Waals surface area contributed by atoms with Crippen LogP contribution in [-0.2, 0) is 0 Å². The van der Waals surface area contributed by atoms with Crippen LogP contribution in [0.15, 0.2) is 22.7 Å². The maximum Gasteiger partial charge on any atom is 0.106 e. The number of halogens is 1. The highest BCUT2D eigenvalue weighted by Gasteiger charge is 2.09. The Bertz CT molecular complexity index is 418. The summed E-state index contributed by atoms with van der Waals surface area (Å²) < 4.78 is 0.991. The molecule has 2 nitrogen and oxygen atoms in total. The van der Waals surface area contributed by atoms with Gasteiger partial charge in [0, 0.05) is 21.8 Å². The van der Waals surface area contributed by atoms with E-state index in [1.54, 1.807) is 0 Å². The summed E-state index contributed by atoms with van der Waals surface area (Å²) >= 11 is 8.52. The van der Waals surface area contributed by atoms with E-state index >= 15 is 0 Å². The molecule has 0 saturated heterocycles. The van der Waals surface area contributed by atoms with Crippen LogP contribution in [0.4, 0.5) is 5.69 Å². The van der Waals surface area contributed by atoms with Gasteiger partial charge in [0.1, 0.15) is 4.99 Å². The Morgan fingerprint density at radius 3 is 2.56 bits per heavy atom. The highest BCUT2D eigenvalue weighted by molar-refractivity contribution is 9.10. The third kappa shape index (κ3) is 4.94. The van der Waals surface area contributed by atoms with Gasteiger partial charge in [0.05, 0.1) is 0 Å². The van der Waals surface area contributed by atoms with Crippen LogP contribution in [0.3, 0.4) is 0 Å². The summed E-state index contributed by atoms with van der Waals surface area (Å²) in [6, 6.07) is 6.39. The summed E-state index contributed by atoms with van der Waals surface area (Å²) in [6.07, 6.45) is 2.36. The maximum absolute atomic E-state index is 5.75. The minimum Gasteiger partial charge on any atom is -0.389 e. The Morgan fingerprint density at radius 1 is 1.33 bits per heavy atom. The molecule has 1 rings (SSSR count). The van der Waals surface area contributed by atoms with Gasteiger partial charge in [-0.15, -0.1) is 0 Å². The van der Waals surface area contributed by atoms with E-state index in [-0.39, 0.29) is 0 Å². The van der Waals surface area contributed by atoms with Crippen LogP contribution in [0.1, 0.15) is 39.2 Å². The molecule has 0 heterocycles. The second-order valence-corrected chi connectivity index (χ2v) is 6.43. The third-order valence-corrected chi connectivity index (χ3v) is 3.54. The van der Waals surface area contributed by atoms with Gasteiger partial charge in [-0.3, -0.25) is 0 Å². The van der Waals surface area contributed by atoms with Gasteiger partial charge in [0.15, 0.2) is 0 Å². The fraction of sp³-hybridized carbons (Fsp3) is 0.500. The van der Waals surface area contributed by atoms with Gasteiger partial charge in [-0.1, -0.05) is 42.0 Å². The number of nitrogens with one attached hydrogen (secondary N) is 1. The van der Waals surface area contributed by atoms with Crippen LogP contribution < -0.4 is 11.1 Å². The van der Waals surface area contributed by atoms with Crippen LogP contribution in [0.5, 0.6) is 0 Å². The van der Waals surface area contributed by atoms with Crippen molar-refractivity contribution < 1.29 is 0 Å². The van der Waals surface area contributed by atoms with Gasteiger partial charge in [-0.25, -0.2) is 0 Å². The average Bonchev–Trinajstić information content (AvgIpc) is 2.28. The molecule has 100 valence electrons. The topological polar surface area (TPSA) is 38.0 Å². The molecule has 0 aliphatic carbocycles. The molecule has 4 heteroatoms. The summed E-state index contributed by atoms with van der Waals surface area (Å²) in [6.45, 7) is 6.67. The first-order valence-electron chi connectivity index (χ1n) is 6.26. The largest absolute Gasteiger partial charge is 0.389 e. The van der Waals surface area contributed by atoms with Crippen LogP contribution in [-0.4, -0.2) is 11.0 Å². The molecule has 0 spiro atoms. The monoisotopic (exact) mass is 328 g/mol. The van der Waals surface area contributed by atoms with Crippen molar-refractivity contribution in [2.45, 2.75) is 39.7 Å². The van der Waals surface area contributed by atoms with Gasteiger partial charge >= 0.3 is 0 Å². The summed E-state index contributed by atoms with van der Waals surface area (Å²) in [4.78, 5) is 0.426. The lowest BCUT2D eigenvalue weighted by molar-refractivity contribution is 0.527. The van der Waals surface area contributed by atoms with Gasteiger partial charge in [0.25, 0.3) is 0 Å². The second kappa shape index (κ2) is 7.10. The van der Waals surface area contributed by atoms with E-state index in [1.165, 1.54) is 6.42 Å². The predicted molar refractivity (Wildman–Crippen MR) is 87.2 cm³/mol. The quantitative estimate of drug-likeness (QED) is 0.764. The van der Waals surface area contributed by atoms with Crippen molar-refractivity contribution >= 4 is 38.8 Å². The van der Waals surface area contributed by atoms with Crippen molar-refractivity contribution in [3.8, 4) is 0 Å². The molecule has 0 amide bonds. The van der Waals surface area contributed by atoms with Gasteiger partial charge in [-0.05, 0) is 43.9 Å². The summed E-state index contributed by atoms with van der Waals surface area (Å²) in [5.41, 5.74) is 7.67. The van der Waals surface area contributed by atoms with E-state index in [0.717, 1.165) is 28.1 Å². The van der Waals surface area contributed by atoms with E-state index in [4.69, 9.17) is 18.0 Å². The number of benzene rings is 1. The highest BCUT2D eigenvalue weighted by Crippen LogP contribution is 2.22. The number of anilines is 1. The first-order chi connectivity index (χ1) is 8.40. The molecular weight excluding hydrogens is 308 g/mol. The maximum atomic E-state index is 5.75. The molecule has 3 N–H and O–H groups in total. The van der Waals surface area contributed by atoms with E-state index in [0.29, 0.717) is 11.0 Å². The third-order valence-electron chi connectivity index (χ3n) is 2.83. The normalized spacial score (nSPS) is 12.5. The fourth-order valence-corrected chi connectivity index (χ4v) is 2.30. The van der Waals surface area contributed by atoms with Crippen molar-refractivity contribution in [1.29, 1.82) is 0 Å². The first kappa shape index (κ1) is 15.4. The fourth-order valence-electron chi connectivity index (χ4n) is 1.77. The molecular formula is C14H21BrN2S. The number of hydrogen-bond donors (Lipinski definition) is 2. The van der Waals surface area contributed by atoms with Crippen LogP contribution in [0.2, 0.25) is 0 Å². The first-order valence-corrected chi connectivity index (χ1v) is 7.46. The zero-order chi connectivity index (χ0) is 13.7. The highest BCUT2D eigenvalue weighted by atomic mass is 79.9. The number of nitrogens with two attached hydrogens (primary N) is 1. The molecule has 1 aromatic rings. The standard InChI is InChI=1S/C14H21BrN2S/c1-9(2)4-5-10(3)17-13-7-6-11(15)8-12(13)14(16)18/h6-10,17H,4-5H2,1-3H3,(H2,16,18).